The predicted molar refractivity (Wildman–Crippen MR) is 87.1 cm³/mol. The molecular formula is C16H30O8Zr. The number of carbonyl (C=O) groups is 4. The zero-order valence-corrected chi connectivity index (χ0v) is 18.5. The summed E-state index contributed by atoms with van der Waals surface area (Å²) in [4.78, 5) is 41.3. The summed E-state index contributed by atoms with van der Waals surface area (Å²) < 4.78 is 19.0. The van der Waals surface area contributed by atoms with Gasteiger partial charge in [-0.1, -0.05) is 0 Å². The van der Waals surface area contributed by atoms with Crippen LogP contribution < -0.4 is 0 Å². The Morgan fingerprint density at radius 1 is 0.640 bits per heavy atom. The molecule has 0 atom stereocenters. The van der Waals surface area contributed by atoms with Crippen molar-refractivity contribution < 1.29 is 58.4 Å². The quantitative estimate of drug-likeness (QED) is 0.288. The van der Waals surface area contributed by atoms with Crippen molar-refractivity contribution in [3.63, 3.8) is 0 Å². The summed E-state index contributed by atoms with van der Waals surface area (Å²) in [5.41, 5.74) is 0. The summed E-state index contributed by atoms with van der Waals surface area (Å²) in [7, 11) is 0. The zero-order valence-electron chi connectivity index (χ0n) is 16.0. The molecule has 8 nitrogen and oxygen atoms in total. The molecule has 0 radical (unpaired) electrons. The van der Waals surface area contributed by atoms with Gasteiger partial charge in [0, 0.05) is 0 Å². The molecule has 0 aliphatic heterocycles. The summed E-state index contributed by atoms with van der Waals surface area (Å²) in [5, 5.41) is 0. The SMILES string of the molecule is CCOC(=O)CC(C)=O.CCOC(=O)CC(C)=O.CC[O][Zr][O]CC. The fourth-order valence-electron chi connectivity index (χ4n) is 0.990. The standard InChI is InChI=1S/2C6H10O3.2C2H5O.Zr/c2*1-3-9-6(8)4-5(2)7;2*1-2-3;/h2*3-4H2,1-2H3;2*2H2,1H3;/q;;2*-1;+2. The summed E-state index contributed by atoms with van der Waals surface area (Å²) in [6.45, 7) is 12.4. The molecule has 0 aliphatic rings. The molecule has 9 heteroatoms. The second-order valence-corrected chi connectivity index (χ2v) is 6.15. The second kappa shape index (κ2) is 23.1. The third-order valence-electron chi connectivity index (χ3n) is 1.80. The molecule has 0 heterocycles. The van der Waals surface area contributed by atoms with Crippen molar-refractivity contribution in [2.24, 2.45) is 0 Å². The molecule has 0 saturated carbocycles. The Kier molecular flexibility index (Phi) is 26.7. The van der Waals surface area contributed by atoms with Crippen molar-refractivity contribution in [3.05, 3.63) is 0 Å². The fourth-order valence-corrected chi connectivity index (χ4v) is 1.77. The molecule has 146 valence electrons. The number of esters is 2. The zero-order chi connectivity index (χ0) is 20.1. The van der Waals surface area contributed by atoms with Crippen LogP contribution in [-0.4, -0.2) is 49.9 Å². The van der Waals surface area contributed by atoms with Gasteiger partial charge in [-0.05, 0) is 27.7 Å². The number of ketones is 2. The Bertz CT molecular complexity index is 337. The Labute approximate surface area is 162 Å². The van der Waals surface area contributed by atoms with Crippen LogP contribution in [0.25, 0.3) is 0 Å². The number of carbonyl (C=O) groups excluding carboxylic acids is 4. The first-order valence-corrected chi connectivity index (χ1v) is 10.0. The van der Waals surface area contributed by atoms with E-state index in [2.05, 4.69) is 9.47 Å². The van der Waals surface area contributed by atoms with Gasteiger partial charge in [-0.25, -0.2) is 0 Å². The third kappa shape index (κ3) is 35.2. The normalized spacial score (nSPS) is 8.72. The predicted octanol–water partition coefficient (Wildman–Crippen LogP) is 2.03. The van der Waals surface area contributed by atoms with Gasteiger partial charge in [0.05, 0.1) is 13.2 Å². The molecule has 0 unspecified atom stereocenters. The number of hydrogen-bond acceptors (Lipinski definition) is 8. The summed E-state index contributed by atoms with van der Waals surface area (Å²) >= 11 is -0.819. The minimum absolute atomic E-state index is 0.103. The van der Waals surface area contributed by atoms with Gasteiger partial charge in [0.1, 0.15) is 24.4 Å². The molecular weight excluding hydrogens is 411 g/mol. The Balaban J connectivity index is -0.000000293. The molecule has 0 amide bonds. The van der Waals surface area contributed by atoms with Crippen LogP contribution in [0.15, 0.2) is 0 Å². The van der Waals surface area contributed by atoms with Crippen molar-refractivity contribution in [1.82, 2.24) is 0 Å². The van der Waals surface area contributed by atoms with Gasteiger partial charge in [0.2, 0.25) is 0 Å². The Hall–Kier alpha value is -0.917. The Morgan fingerprint density at radius 3 is 1.16 bits per heavy atom. The van der Waals surface area contributed by atoms with E-state index >= 15 is 0 Å². The van der Waals surface area contributed by atoms with Gasteiger partial charge in [0.15, 0.2) is 0 Å². The Morgan fingerprint density at radius 2 is 0.960 bits per heavy atom. The first-order valence-electron chi connectivity index (χ1n) is 8.03. The molecule has 0 fully saturated rings. The van der Waals surface area contributed by atoms with Crippen LogP contribution in [0.1, 0.15) is 54.4 Å². The van der Waals surface area contributed by atoms with E-state index in [1.165, 1.54) is 13.8 Å². The van der Waals surface area contributed by atoms with E-state index in [0.717, 1.165) is 13.2 Å². The van der Waals surface area contributed by atoms with E-state index in [1.807, 2.05) is 13.8 Å². The van der Waals surface area contributed by atoms with Crippen LogP contribution in [0.5, 0.6) is 0 Å². The molecule has 0 N–H and O–H groups in total. The van der Waals surface area contributed by atoms with Gasteiger partial charge in [-0.2, -0.15) is 0 Å². The first kappa shape index (κ1) is 28.9. The summed E-state index contributed by atoms with van der Waals surface area (Å²) in [6, 6.07) is 0. The summed E-state index contributed by atoms with van der Waals surface area (Å²) in [5.74, 6) is -1.20. The van der Waals surface area contributed by atoms with E-state index in [-0.39, 0.29) is 24.4 Å². The molecule has 0 aromatic heterocycles. The van der Waals surface area contributed by atoms with Crippen LogP contribution in [0.2, 0.25) is 0 Å². The van der Waals surface area contributed by atoms with Crippen molar-refractivity contribution in [1.29, 1.82) is 0 Å². The number of rotatable bonds is 10. The minimum atomic E-state index is -0.819. The van der Waals surface area contributed by atoms with Crippen LogP contribution >= 0.6 is 0 Å². The van der Waals surface area contributed by atoms with Gasteiger partial charge in [-0.3, -0.25) is 19.2 Å². The number of hydrogen-bond donors (Lipinski definition) is 0. The van der Waals surface area contributed by atoms with Crippen molar-refractivity contribution >= 4 is 23.5 Å². The number of Topliss-reactive ketones (excluding diaryl/α,β-unsaturated/α-hetero) is 2. The van der Waals surface area contributed by atoms with E-state index in [9.17, 15) is 19.2 Å². The molecule has 0 aromatic carbocycles. The molecule has 0 aliphatic carbocycles. The van der Waals surface area contributed by atoms with Crippen LogP contribution in [0, 0.1) is 0 Å². The molecule has 25 heavy (non-hydrogen) atoms. The second-order valence-electron chi connectivity index (χ2n) is 4.32. The van der Waals surface area contributed by atoms with Crippen molar-refractivity contribution in [2.45, 2.75) is 54.4 Å². The molecule has 0 bridgehead atoms. The molecule has 0 aromatic rings. The van der Waals surface area contributed by atoms with Gasteiger partial charge < -0.3 is 9.47 Å². The van der Waals surface area contributed by atoms with Crippen LogP contribution in [0.3, 0.4) is 0 Å². The van der Waals surface area contributed by atoms with Crippen LogP contribution in [-0.2, 0) is 58.4 Å². The maximum atomic E-state index is 10.4. The fraction of sp³-hybridized carbons (Fsp3) is 0.750. The average molecular weight is 442 g/mol. The van der Waals surface area contributed by atoms with Crippen molar-refractivity contribution in [3.8, 4) is 0 Å². The van der Waals surface area contributed by atoms with Gasteiger partial charge in [0.25, 0.3) is 0 Å². The molecule has 0 rings (SSSR count). The first-order chi connectivity index (χ1) is 11.7. The van der Waals surface area contributed by atoms with E-state index in [0.29, 0.717) is 13.2 Å². The van der Waals surface area contributed by atoms with Gasteiger partial charge >= 0.3 is 68.7 Å². The van der Waals surface area contributed by atoms with E-state index in [4.69, 9.17) is 5.63 Å². The van der Waals surface area contributed by atoms with E-state index in [1.54, 1.807) is 13.8 Å². The van der Waals surface area contributed by atoms with Crippen LogP contribution in [0.4, 0.5) is 0 Å². The van der Waals surface area contributed by atoms with Crippen molar-refractivity contribution in [2.75, 3.05) is 26.4 Å². The average Bonchev–Trinajstić information content (AvgIpc) is 2.48. The maximum absolute atomic E-state index is 10.4. The molecule has 0 spiro atoms. The van der Waals surface area contributed by atoms with Gasteiger partial charge in [-0.15, -0.1) is 0 Å². The van der Waals surface area contributed by atoms with E-state index < -0.39 is 36.1 Å². The summed E-state index contributed by atoms with van der Waals surface area (Å²) in [6.07, 6.45) is -0.207. The third-order valence-corrected chi connectivity index (χ3v) is 3.80. The molecule has 0 saturated heterocycles. The number of ether oxygens (including phenoxy) is 2. The topological polar surface area (TPSA) is 105 Å². The monoisotopic (exact) mass is 440 g/mol.